The predicted octanol–water partition coefficient (Wildman–Crippen LogP) is 1.73. The van der Waals surface area contributed by atoms with Crippen molar-refractivity contribution in [2.75, 3.05) is 44.3 Å². The van der Waals surface area contributed by atoms with Crippen molar-refractivity contribution < 1.29 is 14.2 Å². The standard InChI is InChI=1S/C8H12N2O2.C7H10N2O/c1-11-7-3-6(10)8(12-2)4-5(7)9;1-10-7-4-5(8)2-3-6(7)9/h3-4H,9-10H2,1-2H3;2-4H,8-9H2,1H3. The van der Waals surface area contributed by atoms with Gasteiger partial charge in [-0.1, -0.05) is 0 Å². The first kappa shape index (κ1) is 17.1. The summed E-state index contributed by atoms with van der Waals surface area (Å²) in [6.45, 7) is 0. The molecule has 0 spiro atoms. The fourth-order valence-electron chi connectivity index (χ4n) is 1.67. The lowest BCUT2D eigenvalue weighted by Crippen LogP contribution is -1.97. The maximum atomic E-state index is 5.62. The van der Waals surface area contributed by atoms with Gasteiger partial charge in [-0.25, -0.2) is 0 Å². The molecule has 0 fully saturated rings. The monoisotopic (exact) mass is 306 g/mol. The van der Waals surface area contributed by atoms with Gasteiger partial charge in [0.15, 0.2) is 0 Å². The quantitative estimate of drug-likeness (QED) is 0.635. The van der Waals surface area contributed by atoms with E-state index in [1.165, 1.54) is 14.2 Å². The normalized spacial score (nSPS) is 9.41. The van der Waals surface area contributed by atoms with Crippen molar-refractivity contribution in [2.24, 2.45) is 0 Å². The Morgan fingerprint density at radius 1 is 0.591 bits per heavy atom. The first-order valence-electron chi connectivity index (χ1n) is 6.38. The molecule has 2 aromatic rings. The Hall–Kier alpha value is -2.96. The van der Waals surface area contributed by atoms with Crippen molar-refractivity contribution in [1.29, 1.82) is 0 Å². The smallest absolute Gasteiger partial charge is 0.144 e. The molecule has 0 aromatic heterocycles. The third-order valence-corrected chi connectivity index (χ3v) is 2.84. The van der Waals surface area contributed by atoms with Gasteiger partial charge in [0.05, 0.1) is 38.4 Å². The fraction of sp³-hybridized carbons (Fsp3) is 0.200. The van der Waals surface area contributed by atoms with E-state index in [9.17, 15) is 0 Å². The minimum absolute atomic E-state index is 0.517. The van der Waals surface area contributed by atoms with E-state index in [0.717, 1.165) is 0 Å². The highest BCUT2D eigenvalue weighted by atomic mass is 16.5. The van der Waals surface area contributed by atoms with Gasteiger partial charge in [-0.05, 0) is 12.1 Å². The van der Waals surface area contributed by atoms with Crippen LogP contribution in [0.2, 0.25) is 0 Å². The number of hydrogen-bond acceptors (Lipinski definition) is 7. The maximum Gasteiger partial charge on any atom is 0.144 e. The van der Waals surface area contributed by atoms with E-state index >= 15 is 0 Å². The van der Waals surface area contributed by atoms with E-state index in [2.05, 4.69) is 0 Å². The Labute approximate surface area is 129 Å². The first-order chi connectivity index (χ1) is 10.4. The summed E-state index contributed by atoms with van der Waals surface area (Å²) in [5.41, 5.74) is 24.5. The second-order valence-corrected chi connectivity index (χ2v) is 4.34. The minimum atomic E-state index is 0.517. The molecule has 0 heterocycles. The van der Waals surface area contributed by atoms with Gasteiger partial charge in [0, 0.05) is 23.9 Å². The van der Waals surface area contributed by atoms with Crippen LogP contribution in [-0.2, 0) is 0 Å². The van der Waals surface area contributed by atoms with E-state index < -0.39 is 0 Å². The average molecular weight is 306 g/mol. The van der Waals surface area contributed by atoms with E-state index in [-0.39, 0.29) is 0 Å². The number of rotatable bonds is 3. The zero-order valence-electron chi connectivity index (χ0n) is 12.9. The Morgan fingerprint density at radius 3 is 1.36 bits per heavy atom. The average Bonchev–Trinajstić information content (AvgIpc) is 2.52. The van der Waals surface area contributed by atoms with Gasteiger partial charge >= 0.3 is 0 Å². The number of nitrogen functional groups attached to an aromatic ring is 4. The molecule has 0 bridgehead atoms. The Bertz CT molecular complexity index is 603. The zero-order valence-corrected chi connectivity index (χ0v) is 12.9. The van der Waals surface area contributed by atoms with Crippen LogP contribution in [0.4, 0.5) is 22.7 Å². The predicted molar refractivity (Wildman–Crippen MR) is 90.2 cm³/mol. The van der Waals surface area contributed by atoms with Gasteiger partial charge in [0.25, 0.3) is 0 Å². The van der Waals surface area contributed by atoms with Gasteiger partial charge in [-0.2, -0.15) is 0 Å². The van der Waals surface area contributed by atoms with Crippen molar-refractivity contribution in [3.63, 3.8) is 0 Å². The van der Waals surface area contributed by atoms with Crippen LogP contribution in [0.1, 0.15) is 0 Å². The molecule has 2 aromatic carbocycles. The number of hydrogen-bond donors (Lipinski definition) is 4. The number of ether oxygens (including phenoxy) is 3. The summed E-state index contributed by atoms with van der Waals surface area (Å²) < 4.78 is 14.9. The highest BCUT2D eigenvalue weighted by molar-refractivity contribution is 5.67. The molecular weight excluding hydrogens is 284 g/mol. The van der Waals surface area contributed by atoms with Crippen LogP contribution in [0.25, 0.3) is 0 Å². The lowest BCUT2D eigenvalue weighted by molar-refractivity contribution is 0.407. The van der Waals surface area contributed by atoms with Gasteiger partial charge in [-0.15, -0.1) is 0 Å². The third kappa shape index (κ3) is 4.27. The molecule has 0 saturated heterocycles. The van der Waals surface area contributed by atoms with E-state index in [1.54, 1.807) is 37.4 Å². The van der Waals surface area contributed by atoms with Crippen LogP contribution in [0.3, 0.4) is 0 Å². The maximum absolute atomic E-state index is 5.62. The largest absolute Gasteiger partial charge is 0.495 e. The summed E-state index contributed by atoms with van der Waals surface area (Å²) in [6, 6.07) is 8.41. The van der Waals surface area contributed by atoms with Crippen molar-refractivity contribution in [2.45, 2.75) is 0 Å². The zero-order chi connectivity index (χ0) is 16.7. The molecule has 0 aliphatic carbocycles. The molecule has 8 N–H and O–H groups in total. The van der Waals surface area contributed by atoms with Crippen LogP contribution >= 0.6 is 0 Å². The van der Waals surface area contributed by atoms with E-state index in [4.69, 9.17) is 37.1 Å². The minimum Gasteiger partial charge on any atom is -0.495 e. The molecule has 2 rings (SSSR count). The van der Waals surface area contributed by atoms with Crippen LogP contribution in [0.15, 0.2) is 30.3 Å². The van der Waals surface area contributed by atoms with Crippen molar-refractivity contribution in [3.8, 4) is 17.2 Å². The number of anilines is 4. The lowest BCUT2D eigenvalue weighted by Gasteiger charge is -2.08. The van der Waals surface area contributed by atoms with Gasteiger partial charge in [0.2, 0.25) is 0 Å². The fourth-order valence-corrected chi connectivity index (χ4v) is 1.67. The molecule has 0 amide bonds. The van der Waals surface area contributed by atoms with Crippen LogP contribution in [0.5, 0.6) is 17.2 Å². The van der Waals surface area contributed by atoms with Crippen molar-refractivity contribution >= 4 is 22.7 Å². The molecular formula is C15H22N4O3. The summed E-state index contributed by atoms with van der Waals surface area (Å²) in [5, 5.41) is 0. The van der Waals surface area contributed by atoms with Crippen molar-refractivity contribution in [3.05, 3.63) is 30.3 Å². The second-order valence-electron chi connectivity index (χ2n) is 4.34. The van der Waals surface area contributed by atoms with Gasteiger partial charge in [0.1, 0.15) is 17.2 Å². The molecule has 0 radical (unpaired) electrons. The highest BCUT2D eigenvalue weighted by Gasteiger charge is 2.05. The van der Waals surface area contributed by atoms with Gasteiger partial charge in [-0.3, -0.25) is 0 Å². The summed E-state index contributed by atoms with van der Waals surface area (Å²) >= 11 is 0. The molecule has 0 saturated carbocycles. The van der Waals surface area contributed by atoms with Crippen LogP contribution in [0, 0.1) is 0 Å². The molecule has 7 nitrogen and oxygen atoms in total. The third-order valence-electron chi connectivity index (χ3n) is 2.84. The number of methoxy groups -OCH3 is 3. The molecule has 7 heteroatoms. The summed E-state index contributed by atoms with van der Waals surface area (Å²) in [7, 11) is 4.64. The topological polar surface area (TPSA) is 132 Å². The van der Waals surface area contributed by atoms with Gasteiger partial charge < -0.3 is 37.1 Å². The Kier molecular flexibility index (Phi) is 6.00. The Balaban J connectivity index is 0.000000224. The summed E-state index contributed by atoms with van der Waals surface area (Å²) in [5.74, 6) is 1.75. The van der Waals surface area contributed by atoms with Crippen LogP contribution in [-0.4, -0.2) is 21.3 Å². The Morgan fingerprint density at radius 2 is 1.00 bits per heavy atom. The summed E-state index contributed by atoms with van der Waals surface area (Å²) in [6.07, 6.45) is 0. The molecule has 120 valence electrons. The van der Waals surface area contributed by atoms with E-state index in [1.807, 2.05) is 0 Å². The molecule has 0 unspecified atom stereocenters. The molecule has 22 heavy (non-hydrogen) atoms. The molecule has 0 aliphatic rings. The molecule has 0 aliphatic heterocycles. The highest BCUT2D eigenvalue weighted by Crippen LogP contribution is 2.32. The number of benzene rings is 2. The SMILES string of the molecule is COc1cc(N)c(OC)cc1N.COc1cc(N)ccc1N. The van der Waals surface area contributed by atoms with E-state index in [0.29, 0.717) is 40.0 Å². The number of nitrogens with two attached hydrogens (primary N) is 4. The molecule has 0 atom stereocenters. The lowest BCUT2D eigenvalue weighted by atomic mass is 10.2. The first-order valence-corrected chi connectivity index (χ1v) is 6.38. The van der Waals surface area contributed by atoms with Crippen LogP contribution < -0.4 is 37.1 Å². The van der Waals surface area contributed by atoms with Crippen molar-refractivity contribution in [1.82, 2.24) is 0 Å². The summed E-state index contributed by atoms with van der Waals surface area (Å²) in [4.78, 5) is 0. The second kappa shape index (κ2) is 7.72.